The van der Waals surface area contributed by atoms with E-state index in [1.165, 1.54) is 11.3 Å². The summed E-state index contributed by atoms with van der Waals surface area (Å²) in [5.41, 5.74) is 1.97. The smallest absolute Gasteiger partial charge is 0.274 e. The summed E-state index contributed by atoms with van der Waals surface area (Å²) in [6.07, 6.45) is 0. The van der Waals surface area contributed by atoms with Crippen molar-refractivity contribution in [2.75, 3.05) is 14.1 Å². The summed E-state index contributed by atoms with van der Waals surface area (Å²) in [4.78, 5) is 40.7. The van der Waals surface area contributed by atoms with Crippen molar-refractivity contribution in [1.29, 1.82) is 0 Å². The van der Waals surface area contributed by atoms with Crippen molar-refractivity contribution in [3.05, 3.63) is 56.7 Å². The van der Waals surface area contributed by atoms with Gasteiger partial charge in [0, 0.05) is 0 Å². The van der Waals surface area contributed by atoms with Gasteiger partial charge in [0.2, 0.25) is 0 Å². The molecule has 1 N–H and O–H groups in total. The van der Waals surface area contributed by atoms with Crippen LogP contribution in [0.15, 0.2) is 29.1 Å². The van der Waals surface area contributed by atoms with E-state index >= 15 is 0 Å². The number of hydrogen-bond donors (Lipinski definition) is 1. The van der Waals surface area contributed by atoms with Crippen molar-refractivity contribution in [1.82, 2.24) is 24.4 Å². The minimum atomic E-state index is -0.211. The van der Waals surface area contributed by atoms with Gasteiger partial charge in [-0.3, -0.25) is 14.2 Å². The van der Waals surface area contributed by atoms with Gasteiger partial charge in [0.05, 0.1) is 27.8 Å². The van der Waals surface area contributed by atoms with Gasteiger partial charge in [-0.05, 0) is 45.6 Å². The van der Waals surface area contributed by atoms with Crippen LogP contribution in [0.3, 0.4) is 0 Å². The first-order valence-electron chi connectivity index (χ1n) is 8.52. The molecular formula is C19H19N5O2S. The Bertz CT molecular complexity index is 1250. The standard InChI is InChI=1S/C19H19N5O2S/c1-10-15-17(25)21-14(9-23(3)4)22-18(15)27-16(10)19(26)24-11(2)20-12-7-5-6-8-13(12)24/h5-8H,9H2,1-4H3,(H,21,22,25). The minimum absolute atomic E-state index is 0.185. The Hall–Kier alpha value is -2.84. The Labute approximate surface area is 159 Å². The molecule has 4 aromatic rings. The molecule has 0 fully saturated rings. The monoisotopic (exact) mass is 381 g/mol. The highest BCUT2D eigenvalue weighted by atomic mass is 32.1. The molecule has 1 aromatic carbocycles. The number of H-pyrrole nitrogens is 1. The molecule has 27 heavy (non-hydrogen) atoms. The van der Waals surface area contributed by atoms with Crippen LogP contribution in [-0.2, 0) is 6.54 Å². The summed E-state index contributed by atoms with van der Waals surface area (Å²) in [6, 6.07) is 7.52. The molecule has 0 amide bonds. The van der Waals surface area contributed by atoms with E-state index in [0.717, 1.165) is 11.0 Å². The Morgan fingerprint density at radius 2 is 1.96 bits per heavy atom. The van der Waals surface area contributed by atoms with Gasteiger partial charge < -0.3 is 9.88 Å². The van der Waals surface area contributed by atoms with Crippen molar-refractivity contribution < 1.29 is 4.79 Å². The molecule has 0 bridgehead atoms. The average Bonchev–Trinajstić information content (AvgIpc) is 3.10. The molecule has 3 aromatic heterocycles. The maximum absolute atomic E-state index is 13.3. The third-order valence-corrected chi connectivity index (χ3v) is 5.62. The summed E-state index contributed by atoms with van der Waals surface area (Å²) < 4.78 is 1.60. The van der Waals surface area contributed by atoms with Crippen LogP contribution >= 0.6 is 11.3 Å². The Morgan fingerprint density at radius 1 is 1.22 bits per heavy atom. The normalized spacial score (nSPS) is 11.7. The van der Waals surface area contributed by atoms with Gasteiger partial charge in [0.25, 0.3) is 11.5 Å². The lowest BCUT2D eigenvalue weighted by Crippen LogP contribution is -2.18. The molecule has 0 aliphatic rings. The Morgan fingerprint density at radius 3 is 2.70 bits per heavy atom. The highest BCUT2D eigenvalue weighted by Gasteiger charge is 2.23. The molecule has 0 spiro atoms. The fourth-order valence-corrected chi connectivity index (χ4v) is 4.40. The van der Waals surface area contributed by atoms with Crippen LogP contribution in [0.4, 0.5) is 0 Å². The number of benzene rings is 1. The molecule has 138 valence electrons. The van der Waals surface area contributed by atoms with E-state index in [1.807, 2.05) is 43.3 Å². The fourth-order valence-electron chi connectivity index (χ4n) is 3.27. The number of thiophene rings is 1. The highest BCUT2D eigenvalue weighted by Crippen LogP contribution is 2.29. The molecule has 3 heterocycles. The predicted octanol–water partition coefficient (Wildman–Crippen LogP) is 2.70. The number of imidazole rings is 1. The first-order valence-corrected chi connectivity index (χ1v) is 9.34. The summed E-state index contributed by atoms with van der Waals surface area (Å²) >= 11 is 1.26. The number of hydrogen-bond acceptors (Lipinski definition) is 6. The SMILES string of the molecule is Cc1c(C(=O)n2c(C)nc3ccccc32)sc2nc(CN(C)C)[nH]c(=O)c12. The number of rotatable bonds is 3. The first kappa shape index (κ1) is 17.6. The van der Waals surface area contributed by atoms with Crippen LogP contribution in [0.25, 0.3) is 21.3 Å². The molecular weight excluding hydrogens is 362 g/mol. The molecule has 0 saturated carbocycles. The minimum Gasteiger partial charge on any atom is -0.309 e. The Balaban J connectivity index is 1.89. The molecule has 4 rings (SSSR count). The highest BCUT2D eigenvalue weighted by molar-refractivity contribution is 7.20. The lowest BCUT2D eigenvalue weighted by atomic mass is 10.2. The summed E-state index contributed by atoms with van der Waals surface area (Å²) in [5.74, 6) is 1.02. The van der Waals surface area contributed by atoms with E-state index < -0.39 is 0 Å². The average molecular weight is 381 g/mol. The van der Waals surface area contributed by atoms with E-state index in [-0.39, 0.29) is 11.5 Å². The van der Waals surface area contributed by atoms with Gasteiger partial charge in [-0.25, -0.2) is 9.97 Å². The maximum atomic E-state index is 13.3. The number of aryl methyl sites for hydroxylation is 2. The molecule has 0 atom stereocenters. The Kier molecular flexibility index (Phi) is 4.16. The second-order valence-corrected chi connectivity index (χ2v) is 7.77. The number of carbonyl (C=O) groups excluding carboxylic acids is 1. The quantitative estimate of drug-likeness (QED) is 0.590. The zero-order valence-electron chi connectivity index (χ0n) is 15.5. The molecule has 0 saturated heterocycles. The second kappa shape index (κ2) is 6.40. The molecule has 0 aliphatic carbocycles. The van der Waals surface area contributed by atoms with Gasteiger partial charge >= 0.3 is 0 Å². The van der Waals surface area contributed by atoms with Gasteiger partial charge in [-0.15, -0.1) is 11.3 Å². The first-order chi connectivity index (χ1) is 12.9. The van der Waals surface area contributed by atoms with Gasteiger partial charge in [0.1, 0.15) is 16.5 Å². The zero-order valence-corrected chi connectivity index (χ0v) is 16.3. The van der Waals surface area contributed by atoms with Gasteiger partial charge in [0.15, 0.2) is 0 Å². The zero-order chi connectivity index (χ0) is 19.3. The lowest BCUT2D eigenvalue weighted by molar-refractivity contribution is 0.0966. The fraction of sp³-hybridized carbons (Fsp3) is 0.263. The van der Waals surface area contributed by atoms with E-state index in [9.17, 15) is 9.59 Å². The molecule has 0 aliphatic heterocycles. The van der Waals surface area contributed by atoms with Crippen LogP contribution in [-0.4, -0.2) is 44.4 Å². The molecule has 7 nitrogen and oxygen atoms in total. The largest absolute Gasteiger partial charge is 0.309 e. The number of nitrogens with one attached hydrogen (secondary N) is 1. The topological polar surface area (TPSA) is 83.9 Å². The lowest BCUT2D eigenvalue weighted by Gasteiger charge is -2.07. The maximum Gasteiger partial charge on any atom is 0.274 e. The van der Waals surface area contributed by atoms with Crippen molar-refractivity contribution >= 4 is 38.5 Å². The molecule has 0 unspecified atom stereocenters. The van der Waals surface area contributed by atoms with Gasteiger partial charge in [-0.1, -0.05) is 12.1 Å². The van der Waals surface area contributed by atoms with E-state index in [0.29, 0.717) is 38.9 Å². The summed E-state index contributed by atoms with van der Waals surface area (Å²) in [5, 5.41) is 0.480. The van der Waals surface area contributed by atoms with Crippen LogP contribution in [0, 0.1) is 13.8 Å². The van der Waals surface area contributed by atoms with Crippen LogP contribution in [0.2, 0.25) is 0 Å². The van der Waals surface area contributed by atoms with Crippen molar-refractivity contribution in [3.8, 4) is 0 Å². The van der Waals surface area contributed by atoms with Crippen LogP contribution < -0.4 is 5.56 Å². The van der Waals surface area contributed by atoms with E-state index in [4.69, 9.17) is 0 Å². The predicted molar refractivity (Wildman–Crippen MR) is 107 cm³/mol. The molecule has 0 radical (unpaired) electrons. The van der Waals surface area contributed by atoms with Crippen molar-refractivity contribution in [2.24, 2.45) is 0 Å². The number of aromatic amines is 1. The van der Waals surface area contributed by atoms with E-state index in [1.54, 1.807) is 18.4 Å². The second-order valence-electron chi connectivity index (χ2n) is 6.78. The number of nitrogens with zero attached hydrogens (tertiary/aromatic N) is 4. The van der Waals surface area contributed by atoms with Crippen molar-refractivity contribution in [2.45, 2.75) is 20.4 Å². The van der Waals surface area contributed by atoms with Crippen LogP contribution in [0.5, 0.6) is 0 Å². The van der Waals surface area contributed by atoms with Crippen LogP contribution in [0.1, 0.15) is 26.9 Å². The molecule has 8 heteroatoms. The third kappa shape index (κ3) is 2.87. The number of fused-ring (bicyclic) bond motifs is 2. The number of para-hydroxylation sites is 2. The van der Waals surface area contributed by atoms with Crippen molar-refractivity contribution in [3.63, 3.8) is 0 Å². The summed E-state index contributed by atoms with van der Waals surface area (Å²) in [6.45, 7) is 4.13. The summed E-state index contributed by atoms with van der Waals surface area (Å²) in [7, 11) is 3.82. The number of carbonyl (C=O) groups is 1. The third-order valence-electron chi connectivity index (χ3n) is 4.44. The number of aromatic nitrogens is 4. The van der Waals surface area contributed by atoms with Gasteiger partial charge in [-0.2, -0.15) is 0 Å². The van der Waals surface area contributed by atoms with E-state index in [2.05, 4.69) is 15.0 Å².